The molecule has 0 bridgehead atoms. The van der Waals surface area contributed by atoms with Crippen LogP contribution in [0.5, 0.6) is 0 Å². The smallest absolute Gasteiger partial charge is 0.231 e. The van der Waals surface area contributed by atoms with E-state index in [1.54, 1.807) is 0 Å². The third kappa shape index (κ3) is 5.14. The lowest BCUT2D eigenvalue weighted by atomic mass is 9.96. The third-order valence-electron chi connectivity index (χ3n) is 5.20. The summed E-state index contributed by atoms with van der Waals surface area (Å²) in [6.45, 7) is 6.98. The van der Waals surface area contributed by atoms with Crippen LogP contribution >= 0.6 is 15.9 Å². The van der Waals surface area contributed by atoms with Crippen molar-refractivity contribution < 1.29 is 9.59 Å². The van der Waals surface area contributed by atoms with Gasteiger partial charge in [0, 0.05) is 43.2 Å². The van der Waals surface area contributed by atoms with Crippen LogP contribution in [0.2, 0.25) is 0 Å². The molecule has 1 fully saturated rings. The fourth-order valence-corrected chi connectivity index (χ4v) is 3.78. The molecule has 160 valence electrons. The maximum Gasteiger partial charge on any atom is 0.231 e. The van der Waals surface area contributed by atoms with E-state index in [-0.39, 0.29) is 23.7 Å². The first-order valence-electron chi connectivity index (χ1n) is 9.99. The normalized spacial score (nSPS) is 15.3. The summed E-state index contributed by atoms with van der Waals surface area (Å²) in [5.74, 6) is 0.536. The highest BCUT2D eigenvalue weighted by molar-refractivity contribution is 9.10. The van der Waals surface area contributed by atoms with Crippen molar-refractivity contribution in [2.45, 2.75) is 25.8 Å². The number of anilines is 2. The molecule has 1 atom stereocenters. The van der Waals surface area contributed by atoms with E-state index in [2.05, 4.69) is 45.1 Å². The number of aldehydes is 1. The monoisotopic (exact) mass is 474 g/mol. The summed E-state index contributed by atoms with van der Waals surface area (Å²) in [5, 5.41) is 3.40. The summed E-state index contributed by atoms with van der Waals surface area (Å²) < 4.78 is 0.984. The Labute approximate surface area is 185 Å². The lowest BCUT2D eigenvalue weighted by Crippen LogP contribution is -2.51. The predicted molar refractivity (Wildman–Crippen MR) is 121 cm³/mol. The molecule has 0 aliphatic carbocycles. The Balaban J connectivity index is 1.72. The van der Waals surface area contributed by atoms with Crippen LogP contribution in [-0.4, -0.2) is 65.8 Å². The molecular weight excluding hydrogens is 448 g/mol. The zero-order chi connectivity index (χ0) is 21.7. The van der Waals surface area contributed by atoms with Crippen LogP contribution in [0.3, 0.4) is 0 Å². The van der Waals surface area contributed by atoms with Gasteiger partial charge in [0.2, 0.25) is 5.91 Å². The molecule has 0 radical (unpaired) electrons. The first-order chi connectivity index (χ1) is 14.4. The molecule has 30 heavy (non-hydrogen) atoms. The number of rotatable bonds is 7. The van der Waals surface area contributed by atoms with Gasteiger partial charge in [-0.15, -0.1) is 0 Å². The first-order valence-corrected chi connectivity index (χ1v) is 10.8. The average molecular weight is 475 g/mol. The minimum Gasteiger partial charge on any atom is -0.383 e. The number of aromatic nitrogens is 2. The molecule has 8 nitrogen and oxygen atoms in total. The van der Waals surface area contributed by atoms with Gasteiger partial charge in [-0.1, -0.05) is 41.9 Å². The van der Waals surface area contributed by atoms with Gasteiger partial charge in [0.25, 0.3) is 0 Å². The fourth-order valence-electron chi connectivity index (χ4n) is 3.52. The predicted octanol–water partition coefficient (Wildman–Crippen LogP) is 2.06. The quantitative estimate of drug-likeness (QED) is 0.591. The first kappa shape index (κ1) is 22.2. The minimum absolute atomic E-state index is 0.0999. The minimum atomic E-state index is -0.257. The molecule has 1 amide bonds. The van der Waals surface area contributed by atoms with Gasteiger partial charge in [0.1, 0.15) is 18.0 Å². The Hall–Kier alpha value is -2.52. The van der Waals surface area contributed by atoms with Crippen molar-refractivity contribution in [2.75, 3.05) is 43.4 Å². The third-order valence-corrected chi connectivity index (χ3v) is 5.73. The molecule has 1 aliphatic heterocycles. The number of piperazine rings is 1. The molecule has 1 saturated heterocycles. The number of nitrogens with two attached hydrogens (primary N) is 1. The number of carbonyl (C=O) groups excluding carboxylic acids is 2. The van der Waals surface area contributed by atoms with Crippen LogP contribution < -0.4 is 16.0 Å². The number of nitrogens with zero attached hydrogens (tertiary/aromatic N) is 4. The molecule has 0 spiro atoms. The van der Waals surface area contributed by atoms with Gasteiger partial charge in [0.05, 0.1) is 11.5 Å². The van der Waals surface area contributed by atoms with E-state index >= 15 is 0 Å². The number of nitrogen functional groups attached to an aromatic ring is 1. The summed E-state index contributed by atoms with van der Waals surface area (Å²) in [5.41, 5.74) is 7.09. The van der Waals surface area contributed by atoms with Gasteiger partial charge in [-0.25, -0.2) is 9.97 Å². The summed E-state index contributed by atoms with van der Waals surface area (Å²) >= 11 is 3.46. The topological polar surface area (TPSA) is 104 Å². The van der Waals surface area contributed by atoms with Gasteiger partial charge >= 0.3 is 0 Å². The SMILES string of the molecule is CC(C)NCC(C(=O)N1CCN(c2ncnc(N)c2C=O)CC1)c1ccc(Br)cc1. The summed E-state index contributed by atoms with van der Waals surface area (Å²) in [4.78, 5) is 36.7. The number of benzene rings is 1. The number of hydrogen-bond acceptors (Lipinski definition) is 7. The number of carbonyl (C=O) groups is 2. The van der Waals surface area contributed by atoms with E-state index in [1.807, 2.05) is 34.1 Å². The maximum absolute atomic E-state index is 13.4. The molecule has 1 aromatic carbocycles. The molecule has 1 aromatic heterocycles. The standard InChI is InChI=1S/C21H27BrN6O2/c1-14(2)24-11-17(15-3-5-16(22)6-4-15)21(30)28-9-7-27(8-10-28)20-18(12-29)19(23)25-13-26-20/h3-6,12-14,17,24H,7-11H2,1-2H3,(H2,23,25,26). The van der Waals surface area contributed by atoms with E-state index in [0.29, 0.717) is 50.4 Å². The Morgan fingerprint density at radius 2 is 1.87 bits per heavy atom. The Kier molecular flexibility index (Phi) is 7.38. The van der Waals surface area contributed by atoms with Crippen molar-refractivity contribution in [3.05, 3.63) is 46.2 Å². The van der Waals surface area contributed by atoms with Gasteiger partial charge in [-0.2, -0.15) is 0 Å². The van der Waals surface area contributed by atoms with Gasteiger partial charge < -0.3 is 20.9 Å². The van der Waals surface area contributed by atoms with E-state index in [1.165, 1.54) is 6.33 Å². The Morgan fingerprint density at radius 1 is 1.20 bits per heavy atom. The molecule has 9 heteroatoms. The van der Waals surface area contributed by atoms with Crippen molar-refractivity contribution >= 4 is 39.8 Å². The van der Waals surface area contributed by atoms with E-state index in [0.717, 1.165) is 10.0 Å². The maximum atomic E-state index is 13.4. The van der Waals surface area contributed by atoms with Crippen molar-refractivity contribution in [1.29, 1.82) is 0 Å². The molecule has 1 aliphatic rings. The Morgan fingerprint density at radius 3 is 2.47 bits per heavy atom. The summed E-state index contributed by atoms with van der Waals surface area (Å²) in [6, 6.07) is 8.19. The van der Waals surface area contributed by atoms with E-state index < -0.39 is 0 Å². The van der Waals surface area contributed by atoms with E-state index in [4.69, 9.17) is 5.73 Å². The average Bonchev–Trinajstić information content (AvgIpc) is 2.74. The van der Waals surface area contributed by atoms with Gasteiger partial charge in [0.15, 0.2) is 6.29 Å². The number of halogens is 1. The van der Waals surface area contributed by atoms with Crippen molar-refractivity contribution in [3.63, 3.8) is 0 Å². The lowest BCUT2D eigenvalue weighted by molar-refractivity contribution is -0.133. The highest BCUT2D eigenvalue weighted by atomic mass is 79.9. The summed E-state index contributed by atoms with van der Waals surface area (Å²) in [7, 11) is 0. The number of hydrogen-bond donors (Lipinski definition) is 2. The second-order valence-electron chi connectivity index (χ2n) is 7.59. The number of amides is 1. The molecule has 2 aromatic rings. The van der Waals surface area contributed by atoms with Crippen LogP contribution in [0.4, 0.5) is 11.6 Å². The zero-order valence-corrected chi connectivity index (χ0v) is 18.8. The molecule has 2 heterocycles. The van der Waals surface area contributed by atoms with Gasteiger partial charge in [-0.05, 0) is 17.7 Å². The zero-order valence-electron chi connectivity index (χ0n) is 17.2. The lowest BCUT2D eigenvalue weighted by Gasteiger charge is -2.37. The second-order valence-corrected chi connectivity index (χ2v) is 8.51. The van der Waals surface area contributed by atoms with E-state index in [9.17, 15) is 9.59 Å². The van der Waals surface area contributed by atoms with Crippen molar-refractivity contribution in [2.24, 2.45) is 0 Å². The van der Waals surface area contributed by atoms with Crippen LogP contribution in [0.15, 0.2) is 35.1 Å². The Bertz CT molecular complexity index is 882. The molecule has 3 rings (SSSR count). The summed E-state index contributed by atoms with van der Waals surface area (Å²) in [6.07, 6.45) is 2.04. The molecule has 3 N–H and O–H groups in total. The van der Waals surface area contributed by atoms with Crippen molar-refractivity contribution in [3.8, 4) is 0 Å². The van der Waals surface area contributed by atoms with Crippen LogP contribution in [0.25, 0.3) is 0 Å². The second kappa shape index (κ2) is 9.99. The molecule has 1 unspecified atom stereocenters. The van der Waals surface area contributed by atoms with Crippen LogP contribution in [0.1, 0.15) is 35.7 Å². The number of nitrogens with one attached hydrogen (secondary N) is 1. The molecular formula is C21H27BrN6O2. The van der Waals surface area contributed by atoms with Gasteiger partial charge in [-0.3, -0.25) is 9.59 Å². The van der Waals surface area contributed by atoms with Crippen molar-refractivity contribution in [1.82, 2.24) is 20.2 Å². The largest absolute Gasteiger partial charge is 0.383 e. The highest BCUT2D eigenvalue weighted by Crippen LogP contribution is 2.24. The van der Waals surface area contributed by atoms with Crippen LogP contribution in [-0.2, 0) is 4.79 Å². The fraction of sp³-hybridized carbons (Fsp3) is 0.429. The molecule has 0 saturated carbocycles. The highest BCUT2D eigenvalue weighted by Gasteiger charge is 2.30. The van der Waals surface area contributed by atoms with Crippen LogP contribution in [0, 0.1) is 0 Å².